The average molecular weight is 310 g/mol. The predicted octanol–water partition coefficient (Wildman–Crippen LogP) is 3.62. The first kappa shape index (κ1) is 15.6. The van der Waals surface area contributed by atoms with Crippen LogP contribution in [0.5, 0.6) is 5.75 Å². The molecular formula is C15H9F3O4. The van der Waals surface area contributed by atoms with Crippen molar-refractivity contribution < 1.29 is 32.6 Å². The minimum absolute atomic E-state index is 0.0225. The van der Waals surface area contributed by atoms with Gasteiger partial charge < -0.3 is 9.84 Å². The summed E-state index contributed by atoms with van der Waals surface area (Å²) in [4.78, 5) is 22.4. The number of carbonyl (C=O) groups is 2. The van der Waals surface area contributed by atoms with Crippen molar-refractivity contribution in [1.29, 1.82) is 0 Å². The van der Waals surface area contributed by atoms with Gasteiger partial charge in [-0.1, -0.05) is 0 Å². The van der Waals surface area contributed by atoms with Gasteiger partial charge >= 0.3 is 18.1 Å². The van der Waals surface area contributed by atoms with Crippen LogP contribution in [0.4, 0.5) is 13.2 Å². The third-order valence-electron chi connectivity index (χ3n) is 2.76. The molecule has 0 heterocycles. The van der Waals surface area contributed by atoms with Crippen molar-refractivity contribution in [3.05, 3.63) is 65.2 Å². The van der Waals surface area contributed by atoms with Crippen LogP contribution in [0.25, 0.3) is 0 Å². The van der Waals surface area contributed by atoms with Gasteiger partial charge in [0.1, 0.15) is 5.75 Å². The number of rotatable bonds is 3. The van der Waals surface area contributed by atoms with Crippen LogP contribution in [0, 0.1) is 0 Å². The fraction of sp³-hybridized carbons (Fsp3) is 0.0667. The molecule has 0 atom stereocenters. The number of halogens is 3. The summed E-state index contributed by atoms with van der Waals surface area (Å²) in [5.41, 5.74) is -0.889. The Morgan fingerprint density at radius 2 is 1.36 bits per heavy atom. The largest absolute Gasteiger partial charge is 0.478 e. The lowest BCUT2D eigenvalue weighted by Gasteiger charge is -2.08. The van der Waals surface area contributed by atoms with Gasteiger partial charge in [-0.25, -0.2) is 9.59 Å². The molecule has 0 saturated carbocycles. The van der Waals surface area contributed by atoms with E-state index in [0.29, 0.717) is 0 Å². The standard InChI is InChI=1S/C15H9F3O4/c16-15(17,18)11-5-1-10(2-6-11)14(21)22-12-7-3-9(4-8-12)13(19)20/h1-8H,(H,19,20). The third kappa shape index (κ3) is 3.63. The van der Waals surface area contributed by atoms with Gasteiger partial charge in [0.2, 0.25) is 0 Å². The van der Waals surface area contributed by atoms with Gasteiger partial charge in [0.05, 0.1) is 16.7 Å². The van der Waals surface area contributed by atoms with Crippen molar-refractivity contribution in [3.8, 4) is 5.75 Å². The molecular weight excluding hydrogens is 301 g/mol. The average Bonchev–Trinajstić information content (AvgIpc) is 2.47. The Labute approximate surface area is 122 Å². The maximum Gasteiger partial charge on any atom is 0.416 e. The summed E-state index contributed by atoms with van der Waals surface area (Å²) in [6.07, 6.45) is -4.48. The molecule has 114 valence electrons. The second-order valence-corrected chi connectivity index (χ2v) is 4.29. The molecule has 2 aromatic carbocycles. The quantitative estimate of drug-likeness (QED) is 0.694. The number of esters is 1. The van der Waals surface area contributed by atoms with Crippen molar-refractivity contribution in [2.75, 3.05) is 0 Å². The molecule has 0 spiro atoms. The highest BCUT2D eigenvalue weighted by atomic mass is 19.4. The van der Waals surface area contributed by atoms with E-state index in [4.69, 9.17) is 9.84 Å². The van der Waals surface area contributed by atoms with Crippen LogP contribution in [0.2, 0.25) is 0 Å². The molecule has 0 bridgehead atoms. The normalized spacial score (nSPS) is 11.0. The van der Waals surface area contributed by atoms with Gasteiger partial charge in [-0.05, 0) is 48.5 Å². The van der Waals surface area contributed by atoms with Gasteiger partial charge in [0.25, 0.3) is 0 Å². The predicted molar refractivity (Wildman–Crippen MR) is 69.8 cm³/mol. The van der Waals surface area contributed by atoms with Crippen molar-refractivity contribution >= 4 is 11.9 Å². The molecule has 0 aliphatic heterocycles. The van der Waals surface area contributed by atoms with E-state index in [1.807, 2.05) is 0 Å². The smallest absolute Gasteiger partial charge is 0.416 e. The van der Waals surface area contributed by atoms with E-state index in [-0.39, 0.29) is 16.9 Å². The highest BCUT2D eigenvalue weighted by Gasteiger charge is 2.30. The fourth-order valence-corrected chi connectivity index (χ4v) is 1.63. The summed E-state index contributed by atoms with van der Waals surface area (Å²) in [5.74, 6) is -1.87. The van der Waals surface area contributed by atoms with Crippen LogP contribution in [-0.4, -0.2) is 17.0 Å². The van der Waals surface area contributed by atoms with Crippen LogP contribution in [0.3, 0.4) is 0 Å². The van der Waals surface area contributed by atoms with Crippen LogP contribution in [-0.2, 0) is 6.18 Å². The van der Waals surface area contributed by atoms with Crippen molar-refractivity contribution in [3.63, 3.8) is 0 Å². The van der Waals surface area contributed by atoms with Gasteiger partial charge in [-0.2, -0.15) is 13.2 Å². The number of hydrogen-bond donors (Lipinski definition) is 1. The maximum absolute atomic E-state index is 12.4. The van der Waals surface area contributed by atoms with E-state index in [9.17, 15) is 22.8 Å². The number of hydrogen-bond acceptors (Lipinski definition) is 3. The molecule has 0 radical (unpaired) electrons. The Morgan fingerprint density at radius 1 is 0.864 bits per heavy atom. The summed E-state index contributed by atoms with van der Waals surface area (Å²) in [7, 11) is 0. The summed E-state index contributed by atoms with van der Waals surface area (Å²) in [6, 6.07) is 8.65. The molecule has 0 saturated heterocycles. The van der Waals surface area contributed by atoms with Crippen molar-refractivity contribution in [2.24, 2.45) is 0 Å². The highest BCUT2D eigenvalue weighted by Crippen LogP contribution is 2.29. The number of benzene rings is 2. The van der Waals surface area contributed by atoms with E-state index in [0.717, 1.165) is 24.3 Å². The zero-order valence-electron chi connectivity index (χ0n) is 10.9. The fourth-order valence-electron chi connectivity index (χ4n) is 1.63. The van der Waals surface area contributed by atoms with Crippen LogP contribution in [0.1, 0.15) is 26.3 Å². The van der Waals surface area contributed by atoms with Gasteiger partial charge in [-0.3, -0.25) is 0 Å². The Hall–Kier alpha value is -2.83. The number of carboxylic acid groups (broad SMARTS) is 1. The van der Waals surface area contributed by atoms with Gasteiger partial charge in [0.15, 0.2) is 0 Å². The summed E-state index contributed by atoms with van der Waals surface area (Å²) >= 11 is 0. The number of ether oxygens (including phenoxy) is 1. The van der Waals surface area contributed by atoms with Gasteiger partial charge in [0, 0.05) is 0 Å². The van der Waals surface area contributed by atoms with Crippen LogP contribution in [0.15, 0.2) is 48.5 Å². The maximum atomic E-state index is 12.4. The minimum Gasteiger partial charge on any atom is -0.478 e. The first-order valence-electron chi connectivity index (χ1n) is 6.00. The van der Waals surface area contributed by atoms with Crippen LogP contribution < -0.4 is 4.74 Å². The zero-order valence-corrected chi connectivity index (χ0v) is 10.9. The molecule has 0 aliphatic rings. The van der Waals surface area contributed by atoms with Crippen molar-refractivity contribution in [1.82, 2.24) is 0 Å². The molecule has 4 nitrogen and oxygen atoms in total. The molecule has 0 unspecified atom stereocenters. The molecule has 2 aromatic rings. The monoisotopic (exact) mass is 310 g/mol. The van der Waals surface area contributed by atoms with Crippen molar-refractivity contribution in [2.45, 2.75) is 6.18 Å². The summed E-state index contributed by atoms with van der Waals surface area (Å²) in [5, 5.41) is 8.73. The second kappa shape index (κ2) is 5.88. The molecule has 7 heteroatoms. The van der Waals surface area contributed by atoms with E-state index in [1.54, 1.807) is 0 Å². The van der Waals surface area contributed by atoms with Crippen LogP contribution >= 0.6 is 0 Å². The lowest BCUT2D eigenvalue weighted by Crippen LogP contribution is -2.10. The molecule has 0 aliphatic carbocycles. The molecule has 0 amide bonds. The van der Waals surface area contributed by atoms with E-state index < -0.39 is 23.7 Å². The molecule has 0 fully saturated rings. The van der Waals surface area contributed by atoms with E-state index >= 15 is 0 Å². The topological polar surface area (TPSA) is 63.6 Å². The summed E-state index contributed by atoms with van der Waals surface area (Å²) in [6.45, 7) is 0. The Bertz CT molecular complexity index is 688. The van der Waals surface area contributed by atoms with Gasteiger partial charge in [-0.15, -0.1) is 0 Å². The summed E-state index contributed by atoms with van der Waals surface area (Å²) < 4.78 is 42.2. The SMILES string of the molecule is O=C(O)c1ccc(OC(=O)c2ccc(C(F)(F)F)cc2)cc1. The Morgan fingerprint density at radius 3 is 1.82 bits per heavy atom. The number of carboxylic acids is 1. The minimum atomic E-state index is -4.48. The highest BCUT2D eigenvalue weighted by molar-refractivity contribution is 5.91. The van der Waals surface area contributed by atoms with E-state index in [2.05, 4.69) is 0 Å². The zero-order chi connectivity index (χ0) is 16.3. The lowest BCUT2D eigenvalue weighted by atomic mass is 10.1. The molecule has 1 N–H and O–H groups in total. The Kier molecular flexibility index (Phi) is 4.16. The Balaban J connectivity index is 2.10. The molecule has 0 aromatic heterocycles. The molecule has 22 heavy (non-hydrogen) atoms. The number of aromatic carboxylic acids is 1. The van der Waals surface area contributed by atoms with E-state index in [1.165, 1.54) is 24.3 Å². The first-order chi connectivity index (χ1) is 10.3. The third-order valence-corrected chi connectivity index (χ3v) is 2.76. The molecule has 2 rings (SSSR count). The second-order valence-electron chi connectivity index (χ2n) is 4.29. The lowest BCUT2D eigenvalue weighted by molar-refractivity contribution is -0.137. The number of carbonyl (C=O) groups excluding carboxylic acids is 1. The number of alkyl halides is 3. The first-order valence-corrected chi connectivity index (χ1v) is 6.00.